The number of carbonyl (C=O) groups excluding carboxylic acids is 2. The fraction of sp³-hybridized carbons (Fsp3) is 0.176. The lowest BCUT2D eigenvalue weighted by molar-refractivity contribution is -0.124. The molecule has 0 radical (unpaired) electrons. The molecule has 2 aromatic rings. The van der Waals surface area contributed by atoms with Crippen molar-refractivity contribution < 1.29 is 14.3 Å². The van der Waals surface area contributed by atoms with Crippen molar-refractivity contribution in [2.75, 3.05) is 11.1 Å². The lowest BCUT2D eigenvalue weighted by atomic mass is 10.2. The molecule has 3 N–H and O–H groups in total. The molecule has 126 valence electrons. The molecule has 2 rings (SSSR count). The second kappa shape index (κ2) is 8.04. The Labute approximate surface area is 149 Å². The number of nitrogens with two attached hydrogens (primary N) is 1. The minimum atomic E-state index is -0.948. The van der Waals surface area contributed by atoms with Crippen molar-refractivity contribution in [2.24, 2.45) is 0 Å². The van der Waals surface area contributed by atoms with Crippen LogP contribution in [0.4, 0.5) is 11.4 Å². The maximum atomic E-state index is 12.3. The quantitative estimate of drug-likeness (QED) is 0.615. The van der Waals surface area contributed by atoms with Crippen LogP contribution in [0.1, 0.15) is 23.7 Å². The summed E-state index contributed by atoms with van der Waals surface area (Å²) in [6.45, 7) is 1.74. The molecule has 0 spiro atoms. The first-order valence-electron chi connectivity index (χ1n) is 7.22. The van der Waals surface area contributed by atoms with Gasteiger partial charge in [-0.2, -0.15) is 0 Å². The Morgan fingerprint density at radius 3 is 2.42 bits per heavy atom. The van der Waals surface area contributed by atoms with Crippen molar-refractivity contribution in [3.8, 4) is 0 Å². The molecule has 0 aromatic heterocycles. The van der Waals surface area contributed by atoms with E-state index in [9.17, 15) is 9.59 Å². The second-order valence-corrected chi connectivity index (χ2v) is 5.95. The van der Waals surface area contributed by atoms with Crippen molar-refractivity contribution >= 4 is 46.5 Å². The zero-order chi connectivity index (χ0) is 17.7. The number of hydrogen-bond acceptors (Lipinski definition) is 4. The van der Waals surface area contributed by atoms with Crippen LogP contribution < -0.4 is 11.1 Å². The van der Waals surface area contributed by atoms with Gasteiger partial charge in [-0.15, -0.1) is 0 Å². The van der Waals surface area contributed by atoms with Gasteiger partial charge in [0.25, 0.3) is 5.91 Å². The Morgan fingerprint density at radius 1 is 1.17 bits per heavy atom. The predicted molar refractivity (Wildman–Crippen MR) is 95.4 cm³/mol. The van der Waals surface area contributed by atoms with E-state index >= 15 is 0 Å². The summed E-state index contributed by atoms with van der Waals surface area (Å²) < 4.78 is 5.26. The average molecular weight is 367 g/mol. The number of carbonyl (C=O) groups is 2. The number of ether oxygens (including phenoxy) is 1. The van der Waals surface area contributed by atoms with Crippen molar-refractivity contribution in [3.05, 3.63) is 58.1 Å². The summed E-state index contributed by atoms with van der Waals surface area (Å²) in [5, 5.41) is 3.42. The van der Waals surface area contributed by atoms with Gasteiger partial charge in [-0.25, -0.2) is 4.79 Å². The number of halogens is 2. The largest absolute Gasteiger partial charge is 0.449 e. The second-order valence-electron chi connectivity index (χ2n) is 5.08. The Hall–Kier alpha value is -2.24. The van der Waals surface area contributed by atoms with Crippen LogP contribution in [0.5, 0.6) is 0 Å². The van der Waals surface area contributed by atoms with Gasteiger partial charge in [0, 0.05) is 21.4 Å². The highest BCUT2D eigenvalue weighted by molar-refractivity contribution is 6.35. The third kappa shape index (κ3) is 4.88. The summed E-state index contributed by atoms with van der Waals surface area (Å²) in [5.41, 5.74) is 6.79. The summed E-state index contributed by atoms with van der Waals surface area (Å²) in [4.78, 5) is 24.4. The summed E-state index contributed by atoms with van der Waals surface area (Å²) in [5.74, 6) is -1.08. The molecule has 1 amide bonds. The third-order valence-corrected chi connectivity index (χ3v) is 3.60. The van der Waals surface area contributed by atoms with Gasteiger partial charge in [-0.3, -0.25) is 4.79 Å². The van der Waals surface area contributed by atoms with Crippen molar-refractivity contribution in [1.29, 1.82) is 0 Å². The van der Waals surface area contributed by atoms with Crippen LogP contribution in [0.25, 0.3) is 0 Å². The van der Waals surface area contributed by atoms with Crippen molar-refractivity contribution in [2.45, 2.75) is 19.4 Å². The highest BCUT2D eigenvalue weighted by Gasteiger charge is 2.22. The maximum absolute atomic E-state index is 12.3. The van der Waals surface area contributed by atoms with Crippen LogP contribution in [0.3, 0.4) is 0 Å². The van der Waals surface area contributed by atoms with Gasteiger partial charge in [-0.05, 0) is 42.8 Å². The fourth-order valence-corrected chi connectivity index (χ4v) is 2.56. The van der Waals surface area contributed by atoms with Crippen LogP contribution >= 0.6 is 23.2 Å². The number of hydrogen-bond donors (Lipinski definition) is 2. The molecule has 0 bridgehead atoms. The molecule has 7 heteroatoms. The minimum absolute atomic E-state index is 0.284. The average Bonchev–Trinajstić information content (AvgIpc) is 2.51. The molecule has 1 atom stereocenters. The number of benzene rings is 2. The smallest absolute Gasteiger partial charge is 0.338 e. The molecule has 0 aliphatic heterocycles. The highest BCUT2D eigenvalue weighted by Crippen LogP contribution is 2.23. The van der Waals surface area contributed by atoms with Gasteiger partial charge < -0.3 is 15.8 Å². The number of nitrogen functional groups attached to an aromatic ring is 1. The molecule has 0 heterocycles. The van der Waals surface area contributed by atoms with E-state index < -0.39 is 18.0 Å². The van der Waals surface area contributed by atoms with Gasteiger partial charge in [0.05, 0.1) is 5.56 Å². The maximum Gasteiger partial charge on any atom is 0.338 e. The van der Waals surface area contributed by atoms with Crippen LogP contribution in [0.15, 0.2) is 42.5 Å². The van der Waals surface area contributed by atoms with Crippen LogP contribution in [-0.4, -0.2) is 18.0 Å². The van der Waals surface area contributed by atoms with E-state index in [1.807, 2.05) is 0 Å². The first-order valence-corrected chi connectivity index (χ1v) is 7.98. The molecule has 24 heavy (non-hydrogen) atoms. The SMILES string of the molecule is CCC(OC(=O)c1cccc(N)c1)C(=O)Nc1cc(Cl)cc(Cl)c1. The van der Waals surface area contributed by atoms with Crippen molar-refractivity contribution in [3.63, 3.8) is 0 Å². The lowest BCUT2D eigenvalue weighted by Crippen LogP contribution is -2.32. The standard InChI is InChI=1S/C17H16Cl2N2O3/c1-2-15(24-17(23)10-4-3-5-13(20)6-10)16(22)21-14-8-11(18)7-12(19)9-14/h3-9,15H,2,20H2,1H3,(H,21,22). The molecule has 0 fully saturated rings. The van der Waals surface area contributed by atoms with E-state index in [1.165, 1.54) is 6.07 Å². The molecule has 0 aliphatic rings. The Kier molecular flexibility index (Phi) is 6.06. The van der Waals surface area contributed by atoms with Gasteiger partial charge in [-0.1, -0.05) is 36.2 Å². The normalized spacial score (nSPS) is 11.6. The predicted octanol–water partition coefficient (Wildman–Crippen LogP) is 4.15. The van der Waals surface area contributed by atoms with Gasteiger partial charge in [0.1, 0.15) is 0 Å². The van der Waals surface area contributed by atoms with E-state index in [0.717, 1.165) is 0 Å². The number of esters is 1. The summed E-state index contributed by atoms with van der Waals surface area (Å²) in [7, 11) is 0. The Morgan fingerprint density at radius 2 is 1.83 bits per heavy atom. The first kappa shape index (κ1) is 18.1. The fourth-order valence-electron chi connectivity index (χ4n) is 2.03. The van der Waals surface area contributed by atoms with Crippen LogP contribution in [0, 0.1) is 0 Å². The molecule has 1 unspecified atom stereocenters. The topological polar surface area (TPSA) is 81.4 Å². The van der Waals surface area contributed by atoms with Crippen LogP contribution in [0.2, 0.25) is 10.0 Å². The molecular weight excluding hydrogens is 351 g/mol. The first-order chi connectivity index (χ1) is 11.4. The van der Waals surface area contributed by atoms with E-state index in [4.69, 9.17) is 33.7 Å². The van der Waals surface area contributed by atoms with Crippen molar-refractivity contribution in [1.82, 2.24) is 0 Å². The van der Waals surface area contributed by atoms with Gasteiger partial charge >= 0.3 is 5.97 Å². The van der Waals surface area contributed by atoms with Gasteiger partial charge in [0.15, 0.2) is 6.10 Å². The van der Waals surface area contributed by atoms with E-state index in [1.54, 1.807) is 43.3 Å². The molecule has 5 nitrogen and oxygen atoms in total. The number of nitrogens with one attached hydrogen (secondary N) is 1. The molecule has 0 aliphatic carbocycles. The van der Waals surface area contributed by atoms with E-state index in [2.05, 4.69) is 5.32 Å². The Bertz CT molecular complexity index is 745. The number of amides is 1. The zero-order valence-electron chi connectivity index (χ0n) is 12.9. The number of rotatable bonds is 5. The molecule has 0 saturated heterocycles. The minimum Gasteiger partial charge on any atom is -0.449 e. The number of anilines is 2. The summed E-state index contributed by atoms with van der Waals surface area (Å²) in [6, 6.07) is 11.0. The van der Waals surface area contributed by atoms with E-state index in [0.29, 0.717) is 27.8 Å². The highest BCUT2D eigenvalue weighted by atomic mass is 35.5. The summed E-state index contributed by atoms with van der Waals surface area (Å²) >= 11 is 11.8. The zero-order valence-corrected chi connectivity index (χ0v) is 14.4. The Balaban J connectivity index is 2.07. The molecular formula is C17H16Cl2N2O3. The van der Waals surface area contributed by atoms with Gasteiger partial charge in [0.2, 0.25) is 0 Å². The third-order valence-electron chi connectivity index (χ3n) is 3.16. The monoisotopic (exact) mass is 366 g/mol. The molecule has 0 saturated carbocycles. The van der Waals surface area contributed by atoms with Crippen LogP contribution in [-0.2, 0) is 9.53 Å². The van der Waals surface area contributed by atoms with E-state index in [-0.39, 0.29) is 5.56 Å². The molecule has 2 aromatic carbocycles. The summed E-state index contributed by atoms with van der Waals surface area (Å²) in [6.07, 6.45) is -0.634. The lowest BCUT2D eigenvalue weighted by Gasteiger charge is -2.16.